The summed E-state index contributed by atoms with van der Waals surface area (Å²) in [5, 5.41) is 37.9. The summed E-state index contributed by atoms with van der Waals surface area (Å²) in [7, 11) is 0. The SMILES string of the molecule is O=C(Nc1cccc2c1OC(c1cc(NC(=O)c3cc(-n4cnc(C5CC5)c4)c(N4CC[C@@H](O)C4)cn3)c3c(c1)-c1nnnn1CCO3)Cn1cnnc1-2)c1cc(-n2cnc(C3CC3)c2)ccn1. The van der Waals surface area contributed by atoms with E-state index in [4.69, 9.17) is 9.47 Å². The lowest BCUT2D eigenvalue weighted by Crippen LogP contribution is -2.24. The van der Waals surface area contributed by atoms with E-state index in [0.29, 0.717) is 89.1 Å². The number of aliphatic hydroxyl groups is 1. The highest BCUT2D eigenvalue weighted by Crippen LogP contribution is 2.46. The molecule has 8 aromatic rings. The standard InChI is InChI=1S/C47H42N16O5/c64-30-9-11-59(19-30)40-18-49-36(17-39(40)61-21-38(51-24-61)27-6-7-27)47(66)54-34-15-28(14-32-42(34)67-13-12-63-45(32)56-57-58-63)41-22-62-25-52-55-44(62)31-2-1-3-33(43(31)68-41)53-46(65)35-16-29(8-10-48-35)60-20-37(50-23-60)26-4-5-26/h1-3,8,10,14-18,20-21,23-27,30,41,64H,4-7,9,11-13,19,22H2,(H,53,65)(H,54,66)/t30-,41?/m1/s1. The van der Waals surface area contributed by atoms with Crippen LogP contribution in [0.4, 0.5) is 17.1 Å². The predicted molar refractivity (Wildman–Crippen MR) is 243 cm³/mol. The Kier molecular flexibility index (Phi) is 9.37. The van der Waals surface area contributed by atoms with Gasteiger partial charge in [0, 0.05) is 43.5 Å². The minimum atomic E-state index is -0.734. The molecule has 5 aliphatic rings. The summed E-state index contributed by atoms with van der Waals surface area (Å²) in [6.45, 7) is 1.96. The Labute approximate surface area is 386 Å². The summed E-state index contributed by atoms with van der Waals surface area (Å²) in [5.41, 5.74) is 7.22. The van der Waals surface area contributed by atoms with Crippen LogP contribution in [0.3, 0.4) is 0 Å². The van der Waals surface area contributed by atoms with Gasteiger partial charge in [-0.05, 0) is 90.6 Å². The van der Waals surface area contributed by atoms with Gasteiger partial charge in [-0.2, -0.15) is 0 Å². The number of nitrogens with zero attached hydrogens (tertiary/aromatic N) is 14. The molecule has 21 heteroatoms. The molecule has 9 heterocycles. The van der Waals surface area contributed by atoms with E-state index >= 15 is 0 Å². The molecule has 0 bridgehead atoms. The van der Waals surface area contributed by atoms with Crippen LogP contribution in [0, 0.1) is 0 Å². The van der Waals surface area contributed by atoms with E-state index in [-0.39, 0.29) is 24.5 Å². The lowest BCUT2D eigenvalue weighted by molar-refractivity contribution is 0.101. The number of amides is 2. The van der Waals surface area contributed by atoms with E-state index in [0.717, 1.165) is 54.1 Å². The molecule has 2 aliphatic carbocycles. The van der Waals surface area contributed by atoms with E-state index in [2.05, 4.69) is 61.2 Å². The first-order valence-electron chi connectivity index (χ1n) is 22.7. The molecular formula is C47H42N16O5. The second kappa shape index (κ2) is 15.9. The number of imidazole rings is 2. The molecule has 1 saturated heterocycles. The van der Waals surface area contributed by atoms with Crippen molar-refractivity contribution in [1.82, 2.24) is 64.0 Å². The van der Waals surface area contributed by atoms with Crippen LogP contribution in [0.25, 0.3) is 34.2 Å². The Morgan fingerprint density at radius 1 is 0.721 bits per heavy atom. The van der Waals surface area contributed by atoms with E-state index < -0.39 is 24.0 Å². The van der Waals surface area contributed by atoms with Crippen molar-refractivity contribution in [3.63, 3.8) is 0 Å². The van der Waals surface area contributed by atoms with Gasteiger partial charge in [0.1, 0.15) is 30.4 Å². The molecule has 2 aromatic carbocycles. The number of carbonyl (C=O) groups excluding carboxylic acids is 2. The molecule has 6 aromatic heterocycles. The highest BCUT2D eigenvalue weighted by Gasteiger charge is 2.33. The minimum Gasteiger partial charge on any atom is -0.489 e. The molecule has 21 nitrogen and oxygen atoms in total. The van der Waals surface area contributed by atoms with Crippen molar-refractivity contribution in [2.24, 2.45) is 0 Å². The van der Waals surface area contributed by atoms with Crippen LogP contribution in [0.2, 0.25) is 0 Å². The molecule has 3 fully saturated rings. The topological polar surface area (TPSA) is 236 Å². The molecule has 3 N–H and O–H groups in total. The smallest absolute Gasteiger partial charge is 0.274 e. The largest absolute Gasteiger partial charge is 0.489 e. The van der Waals surface area contributed by atoms with Gasteiger partial charge in [0.2, 0.25) is 0 Å². The maximum absolute atomic E-state index is 14.5. The van der Waals surface area contributed by atoms with E-state index in [1.807, 2.05) is 56.4 Å². The van der Waals surface area contributed by atoms with Gasteiger partial charge in [0.25, 0.3) is 11.8 Å². The zero-order chi connectivity index (χ0) is 45.5. The monoisotopic (exact) mass is 910 g/mol. The van der Waals surface area contributed by atoms with E-state index in [9.17, 15) is 14.7 Å². The number of nitrogens with one attached hydrogen (secondary N) is 2. The Hall–Kier alpha value is -8.33. The fourth-order valence-corrected chi connectivity index (χ4v) is 9.28. The van der Waals surface area contributed by atoms with Gasteiger partial charge in [-0.15, -0.1) is 15.3 Å². The van der Waals surface area contributed by atoms with E-state index in [1.165, 1.54) is 0 Å². The van der Waals surface area contributed by atoms with Crippen molar-refractivity contribution in [2.75, 3.05) is 35.2 Å². The third kappa shape index (κ3) is 7.26. The van der Waals surface area contributed by atoms with Gasteiger partial charge in [0.05, 0.1) is 89.0 Å². The number of benzene rings is 2. The molecule has 1 unspecified atom stereocenters. The van der Waals surface area contributed by atoms with Crippen LogP contribution in [-0.2, 0) is 13.1 Å². The van der Waals surface area contributed by atoms with Gasteiger partial charge >= 0.3 is 0 Å². The number of aliphatic hydroxyl groups excluding tert-OH is 1. The normalized spacial score (nSPS) is 18.3. The number of rotatable bonds is 10. The summed E-state index contributed by atoms with van der Waals surface area (Å²) in [4.78, 5) is 49.0. The molecule has 2 saturated carbocycles. The predicted octanol–water partition coefficient (Wildman–Crippen LogP) is 5.12. The quantitative estimate of drug-likeness (QED) is 0.162. The van der Waals surface area contributed by atoms with Crippen molar-refractivity contribution in [3.05, 3.63) is 121 Å². The first-order valence-corrected chi connectivity index (χ1v) is 22.7. The third-order valence-corrected chi connectivity index (χ3v) is 13.1. The Balaban J connectivity index is 0.853. The third-order valence-electron chi connectivity index (χ3n) is 13.1. The number of pyridine rings is 2. The Bertz CT molecular complexity index is 3290. The van der Waals surface area contributed by atoms with Gasteiger partial charge in [0.15, 0.2) is 23.1 Å². The number of tetrazole rings is 1. The summed E-state index contributed by atoms with van der Waals surface area (Å²) in [5.74, 6) is 1.73. The molecule has 340 valence electrons. The second-order valence-electron chi connectivity index (χ2n) is 17.8. The molecule has 3 aliphatic heterocycles. The average Bonchev–Trinajstić information content (AvgIpc) is 4.06. The number of para-hydroxylation sites is 1. The molecule has 0 spiro atoms. The van der Waals surface area contributed by atoms with Gasteiger partial charge < -0.3 is 43.8 Å². The zero-order valence-corrected chi connectivity index (χ0v) is 36.4. The van der Waals surface area contributed by atoms with Crippen LogP contribution in [0.15, 0.2) is 92.3 Å². The Morgan fingerprint density at radius 2 is 1.51 bits per heavy atom. The number of fused-ring (bicyclic) bond motifs is 6. The lowest BCUT2D eigenvalue weighted by atomic mass is 10.0. The van der Waals surface area contributed by atoms with Crippen LogP contribution >= 0.6 is 0 Å². The number of aromatic nitrogens is 13. The van der Waals surface area contributed by atoms with Crippen molar-refractivity contribution in [3.8, 4) is 45.6 Å². The molecule has 68 heavy (non-hydrogen) atoms. The van der Waals surface area contributed by atoms with Gasteiger partial charge in [-0.3, -0.25) is 14.6 Å². The number of hydrogen-bond acceptors (Lipinski definition) is 15. The van der Waals surface area contributed by atoms with Gasteiger partial charge in [-0.25, -0.2) is 19.6 Å². The van der Waals surface area contributed by atoms with Crippen LogP contribution < -0.4 is 25.0 Å². The molecule has 2 atom stereocenters. The zero-order valence-electron chi connectivity index (χ0n) is 36.4. The highest BCUT2D eigenvalue weighted by atomic mass is 16.5. The number of β-amino-alcohol motifs (C(OH)–C–C–N with tert-alkyl or cyclic N) is 1. The maximum atomic E-state index is 14.5. The van der Waals surface area contributed by atoms with Gasteiger partial charge in [-0.1, -0.05) is 6.07 Å². The fourth-order valence-electron chi connectivity index (χ4n) is 9.28. The summed E-state index contributed by atoms with van der Waals surface area (Å²) in [6, 6.07) is 14.5. The number of ether oxygens (including phenoxy) is 2. The summed E-state index contributed by atoms with van der Waals surface area (Å²) < 4.78 is 20.7. The number of carbonyl (C=O) groups is 2. The number of hydrogen-bond donors (Lipinski definition) is 3. The van der Waals surface area contributed by atoms with Crippen molar-refractivity contribution in [1.29, 1.82) is 0 Å². The molecular weight excluding hydrogens is 869 g/mol. The molecule has 2 amide bonds. The van der Waals surface area contributed by atoms with Crippen molar-refractivity contribution >= 4 is 28.9 Å². The van der Waals surface area contributed by atoms with Crippen LogP contribution in [0.5, 0.6) is 11.5 Å². The fraction of sp³-hybridized carbons (Fsp3) is 0.298. The second-order valence-corrected chi connectivity index (χ2v) is 17.8. The Morgan fingerprint density at radius 3 is 2.32 bits per heavy atom. The van der Waals surface area contributed by atoms with Crippen molar-refractivity contribution < 1.29 is 24.2 Å². The first kappa shape index (κ1) is 40.0. The molecule has 0 radical (unpaired) electrons. The summed E-state index contributed by atoms with van der Waals surface area (Å²) >= 11 is 0. The van der Waals surface area contributed by atoms with Crippen LogP contribution in [0.1, 0.15) is 88.0 Å². The average molecular weight is 911 g/mol. The number of anilines is 3. The summed E-state index contributed by atoms with van der Waals surface area (Å²) in [6.07, 6.45) is 16.4. The minimum absolute atomic E-state index is 0.157. The van der Waals surface area contributed by atoms with Crippen LogP contribution in [-0.4, -0.2) is 107 Å². The highest BCUT2D eigenvalue weighted by molar-refractivity contribution is 6.06. The lowest BCUT2D eigenvalue weighted by Gasteiger charge is -2.23. The first-order chi connectivity index (χ1) is 33.4. The van der Waals surface area contributed by atoms with E-state index in [1.54, 1.807) is 54.3 Å². The maximum Gasteiger partial charge on any atom is 0.274 e. The van der Waals surface area contributed by atoms with Crippen molar-refractivity contribution in [2.45, 2.75) is 69.2 Å². The molecule has 13 rings (SSSR count).